The topological polar surface area (TPSA) is 0 Å². The SMILES string of the molecule is C=CC(CCCCCCCCCCCCCCCC)(Cc1ccccc1)C(C)C. The van der Waals surface area contributed by atoms with E-state index >= 15 is 0 Å². The van der Waals surface area contributed by atoms with Gasteiger partial charge in [-0.25, -0.2) is 0 Å². The lowest BCUT2D eigenvalue weighted by atomic mass is 9.69. The van der Waals surface area contributed by atoms with Gasteiger partial charge < -0.3 is 0 Å². The highest BCUT2D eigenvalue weighted by Crippen LogP contribution is 2.38. The number of hydrogen-bond acceptors (Lipinski definition) is 0. The lowest BCUT2D eigenvalue weighted by Gasteiger charge is -2.35. The summed E-state index contributed by atoms with van der Waals surface area (Å²) in [6, 6.07) is 11.0. The van der Waals surface area contributed by atoms with Gasteiger partial charge in [0.25, 0.3) is 0 Å². The van der Waals surface area contributed by atoms with Crippen LogP contribution in [-0.4, -0.2) is 0 Å². The first-order valence-corrected chi connectivity index (χ1v) is 12.8. The molecule has 1 aromatic rings. The van der Waals surface area contributed by atoms with Crippen molar-refractivity contribution in [3.8, 4) is 0 Å². The molecule has 1 atom stereocenters. The predicted octanol–water partition coefficient (Wildman–Crippen LogP) is 9.93. The van der Waals surface area contributed by atoms with Crippen LogP contribution >= 0.6 is 0 Å². The Morgan fingerprint density at radius 2 is 1.17 bits per heavy atom. The number of rotatable bonds is 19. The molecule has 0 aliphatic carbocycles. The van der Waals surface area contributed by atoms with E-state index in [0.717, 1.165) is 6.42 Å². The molecule has 0 nitrogen and oxygen atoms in total. The molecule has 29 heavy (non-hydrogen) atoms. The molecule has 0 aliphatic heterocycles. The maximum absolute atomic E-state index is 4.24. The lowest BCUT2D eigenvalue weighted by molar-refractivity contribution is 0.233. The summed E-state index contributed by atoms with van der Waals surface area (Å²) in [5.41, 5.74) is 1.70. The molecule has 0 bridgehead atoms. The Morgan fingerprint density at radius 3 is 1.59 bits per heavy atom. The van der Waals surface area contributed by atoms with Crippen molar-refractivity contribution in [3.63, 3.8) is 0 Å². The molecule has 0 saturated carbocycles. The minimum atomic E-state index is 0.248. The van der Waals surface area contributed by atoms with E-state index in [9.17, 15) is 0 Å². The Balaban J connectivity index is 2.10. The third-order valence-electron chi connectivity index (χ3n) is 6.93. The summed E-state index contributed by atoms with van der Waals surface area (Å²) in [5.74, 6) is 0.641. The lowest BCUT2D eigenvalue weighted by Crippen LogP contribution is -2.27. The molecule has 0 heterocycles. The highest BCUT2D eigenvalue weighted by Gasteiger charge is 2.30. The zero-order chi connectivity index (χ0) is 21.2. The molecule has 0 spiro atoms. The van der Waals surface area contributed by atoms with Crippen LogP contribution in [0, 0.1) is 11.3 Å². The molecule has 0 aliphatic rings. The van der Waals surface area contributed by atoms with E-state index in [-0.39, 0.29) is 5.41 Å². The Morgan fingerprint density at radius 1 is 0.724 bits per heavy atom. The van der Waals surface area contributed by atoms with Gasteiger partial charge in [0.1, 0.15) is 0 Å². The first kappa shape index (κ1) is 26.0. The van der Waals surface area contributed by atoms with Gasteiger partial charge in [-0.15, -0.1) is 6.58 Å². The van der Waals surface area contributed by atoms with Crippen molar-refractivity contribution in [1.82, 2.24) is 0 Å². The summed E-state index contributed by atoms with van der Waals surface area (Å²) < 4.78 is 0. The van der Waals surface area contributed by atoms with Crippen LogP contribution in [0.4, 0.5) is 0 Å². The highest BCUT2D eigenvalue weighted by molar-refractivity contribution is 5.18. The number of hydrogen-bond donors (Lipinski definition) is 0. The summed E-state index contributed by atoms with van der Waals surface area (Å²) in [6.45, 7) is 11.3. The van der Waals surface area contributed by atoms with Crippen LogP contribution in [0.5, 0.6) is 0 Å². The second-order valence-corrected chi connectivity index (χ2v) is 9.60. The van der Waals surface area contributed by atoms with Gasteiger partial charge in [-0.2, -0.15) is 0 Å². The van der Waals surface area contributed by atoms with Gasteiger partial charge in [0, 0.05) is 0 Å². The van der Waals surface area contributed by atoms with E-state index in [1.54, 1.807) is 0 Å². The predicted molar refractivity (Wildman–Crippen MR) is 133 cm³/mol. The molecule has 0 saturated heterocycles. The van der Waals surface area contributed by atoms with Crippen molar-refractivity contribution in [2.24, 2.45) is 11.3 Å². The van der Waals surface area contributed by atoms with Crippen LogP contribution in [0.25, 0.3) is 0 Å². The van der Waals surface area contributed by atoms with Crippen LogP contribution in [0.3, 0.4) is 0 Å². The minimum Gasteiger partial charge on any atom is -0.103 e. The third-order valence-corrected chi connectivity index (χ3v) is 6.93. The Labute approximate surface area is 183 Å². The van der Waals surface area contributed by atoms with Crippen molar-refractivity contribution >= 4 is 0 Å². The largest absolute Gasteiger partial charge is 0.103 e. The first-order valence-electron chi connectivity index (χ1n) is 12.8. The molecule has 0 fully saturated rings. The maximum atomic E-state index is 4.24. The monoisotopic (exact) mass is 398 g/mol. The highest BCUT2D eigenvalue weighted by atomic mass is 14.3. The van der Waals surface area contributed by atoms with Gasteiger partial charge in [-0.1, -0.05) is 147 Å². The molecular weight excluding hydrogens is 348 g/mol. The fraction of sp³-hybridized carbons (Fsp3) is 0.724. The molecule has 0 heteroatoms. The number of unbranched alkanes of at least 4 members (excludes halogenated alkanes) is 13. The van der Waals surface area contributed by atoms with Gasteiger partial charge in [0.05, 0.1) is 0 Å². The summed E-state index contributed by atoms with van der Waals surface area (Å²) >= 11 is 0. The van der Waals surface area contributed by atoms with Gasteiger partial charge in [0.2, 0.25) is 0 Å². The van der Waals surface area contributed by atoms with Gasteiger partial charge in [-0.05, 0) is 29.7 Å². The van der Waals surface area contributed by atoms with Gasteiger partial charge in [0.15, 0.2) is 0 Å². The molecule has 0 N–H and O–H groups in total. The van der Waals surface area contributed by atoms with E-state index in [2.05, 4.69) is 63.8 Å². The summed E-state index contributed by atoms with van der Waals surface area (Å²) in [4.78, 5) is 0. The smallest absolute Gasteiger partial charge is 0.00576 e. The molecule has 166 valence electrons. The molecule has 1 unspecified atom stereocenters. The Bertz CT molecular complexity index is 486. The van der Waals surface area contributed by atoms with Crippen molar-refractivity contribution in [2.75, 3.05) is 0 Å². The van der Waals surface area contributed by atoms with Crippen molar-refractivity contribution < 1.29 is 0 Å². The molecule has 1 aromatic carbocycles. The Hall–Kier alpha value is -1.04. The third kappa shape index (κ3) is 11.7. The molecule has 0 aromatic heterocycles. The zero-order valence-electron chi connectivity index (χ0n) is 20.1. The number of benzene rings is 1. The van der Waals surface area contributed by atoms with Crippen LogP contribution in [0.1, 0.15) is 123 Å². The quantitative estimate of drug-likeness (QED) is 0.161. The van der Waals surface area contributed by atoms with Crippen LogP contribution < -0.4 is 0 Å². The summed E-state index contributed by atoms with van der Waals surface area (Å²) in [6.07, 6.45) is 24.7. The number of allylic oxidation sites excluding steroid dienone is 1. The molecule has 1 rings (SSSR count). The van der Waals surface area contributed by atoms with E-state index in [1.807, 2.05) is 0 Å². The maximum Gasteiger partial charge on any atom is -0.00576 e. The second kappa shape index (κ2) is 16.7. The minimum absolute atomic E-state index is 0.248. The molecule has 0 radical (unpaired) electrons. The standard InChI is InChI=1S/C29H50/c1-5-7-8-9-10-11-12-13-14-15-16-17-18-22-25-29(6-2,27(3)4)26-28-23-20-19-21-24-28/h6,19-21,23-24,27H,2,5,7-18,22,25-26H2,1,3-4H3. The summed E-state index contributed by atoms with van der Waals surface area (Å²) in [7, 11) is 0. The van der Waals surface area contributed by atoms with Crippen LogP contribution in [0.2, 0.25) is 0 Å². The second-order valence-electron chi connectivity index (χ2n) is 9.60. The zero-order valence-corrected chi connectivity index (χ0v) is 20.1. The average Bonchev–Trinajstić information content (AvgIpc) is 2.73. The van der Waals surface area contributed by atoms with E-state index in [0.29, 0.717) is 5.92 Å². The van der Waals surface area contributed by atoms with Crippen molar-refractivity contribution in [1.29, 1.82) is 0 Å². The summed E-state index contributed by atoms with van der Waals surface area (Å²) in [5, 5.41) is 0. The van der Waals surface area contributed by atoms with Crippen molar-refractivity contribution in [3.05, 3.63) is 48.6 Å². The first-order chi connectivity index (χ1) is 14.1. The fourth-order valence-corrected chi connectivity index (χ4v) is 4.62. The van der Waals surface area contributed by atoms with Gasteiger partial charge >= 0.3 is 0 Å². The average molecular weight is 399 g/mol. The normalized spacial score (nSPS) is 13.5. The van der Waals surface area contributed by atoms with Crippen LogP contribution in [-0.2, 0) is 6.42 Å². The van der Waals surface area contributed by atoms with E-state index < -0.39 is 0 Å². The Kier molecular flexibility index (Phi) is 15.0. The molecule has 0 amide bonds. The van der Waals surface area contributed by atoms with E-state index in [4.69, 9.17) is 0 Å². The van der Waals surface area contributed by atoms with E-state index in [1.165, 1.54) is 102 Å². The molecular formula is C29H50. The van der Waals surface area contributed by atoms with Crippen molar-refractivity contribution in [2.45, 2.75) is 124 Å². The fourth-order valence-electron chi connectivity index (χ4n) is 4.62. The van der Waals surface area contributed by atoms with Crippen LogP contribution in [0.15, 0.2) is 43.0 Å². The van der Waals surface area contributed by atoms with Gasteiger partial charge in [-0.3, -0.25) is 0 Å².